The molecule has 1 aromatic carbocycles. The molecule has 1 saturated carbocycles. The number of nitrogens with one attached hydrogen (secondary N) is 1. The molecule has 94 valence electrons. The van der Waals surface area contributed by atoms with Crippen LogP contribution in [-0.2, 0) is 5.75 Å². The quantitative estimate of drug-likeness (QED) is 0.740. The van der Waals surface area contributed by atoms with Gasteiger partial charge in [-0.3, -0.25) is 0 Å². The Bertz CT molecular complexity index is 293. The van der Waals surface area contributed by atoms with E-state index < -0.39 is 0 Å². The minimum Gasteiger partial charge on any atom is -0.316 e. The summed E-state index contributed by atoms with van der Waals surface area (Å²) in [6, 6.07) is 10.7. The number of hydrogen-bond donors (Lipinski definition) is 1. The second kappa shape index (κ2) is 7.78. The van der Waals surface area contributed by atoms with Gasteiger partial charge in [0.1, 0.15) is 0 Å². The van der Waals surface area contributed by atoms with E-state index in [9.17, 15) is 0 Å². The Labute approximate surface area is 109 Å². The van der Waals surface area contributed by atoms with Gasteiger partial charge < -0.3 is 5.32 Å². The second-order valence-corrected chi connectivity index (χ2v) is 6.00. The fraction of sp³-hybridized carbons (Fsp3) is 0.600. The molecular weight excluding hydrogens is 226 g/mol. The smallest absolute Gasteiger partial charge is 0.0185 e. The fourth-order valence-corrected chi connectivity index (χ4v) is 3.29. The highest BCUT2D eigenvalue weighted by molar-refractivity contribution is 7.98. The highest BCUT2D eigenvalue weighted by Crippen LogP contribution is 2.23. The minimum atomic E-state index is 0.967. The van der Waals surface area contributed by atoms with E-state index >= 15 is 0 Å². The van der Waals surface area contributed by atoms with Crippen LogP contribution < -0.4 is 5.32 Å². The lowest BCUT2D eigenvalue weighted by Crippen LogP contribution is -2.23. The third-order valence-electron chi connectivity index (χ3n) is 3.44. The topological polar surface area (TPSA) is 12.0 Å². The monoisotopic (exact) mass is 249 g/mol. The van der Waals surface area contributed by atoms with Gasteiger partial charge in [-0.25, -0.2) is 0 Å². The molecule has 0 heterocycles. The Kier molecular flexibility index (Phi) is 5.94. The average Bonchev–Trinajstić information content (AvgIpc) is 2.88. The third kappa shape index (κ3) is 5.13. The number of rotatable bonds is 7. The Balaban J connectivity index is 1.46. The molecule has 2 heteroatoms. The molecule has 1 aromatic rings. The molecule has 1 aliphatic carbocycles. The molecule has 0 amide bonds. The van der Waals surface area contributed by atoms with Crippen molar-refractivity contribution in [2.75, 3.05) is 18.8 Å². The summed E-state index contributed by atoms with van der Waals surface area (Å²) in [6.07, 6.45) is 5.80. The van der Waals surface area contributed by atoms with Crippen LogP contribution in [0, 0.1) is 5.92 Å². The molecule has 0 radical (unpaired) electrons. The predicted molar refractivity (Wildman–Crippen MR) is 77.4 cm³/mol. The maximum atomic E-state index is 3.59. The van der Waals surface area contributed by atoms with Crippen molar-refractivity contribution in [2.24, 2.45) is 5.92 Å². The number of hydrogen-bond acceptors (Lipinski definition) is 2. The van der Waals surface area contributed by atoms with Gasteiger partial charge in [0.05, 0.1) is 0 Å². The minimum absolute atomic E-state index is 0.967. The van der Waals surface area contributed by atoms with Crippen LogP contribution in [0.2, 0.25) is 0 Å². The summed E-state index contributed by atoms with van der Waals surface area (Å²) in [7, 11) is 0. The zero-order valence-electron chi connectivity index (χ0n) is 10.5. The summed E-state index contributed by atoms with van der Waals surface area (Å²) in [6.45, 7) is 2.40. The van der Waals surface area contributed by atoms with Gasteiger partial charge >= 0.3 is 0 Å². The summed E-state index contributed by atoms with van der Waals surface area (Å²) < 4.78 is 0. The van der Waals surface area contributed by atoms with E-state index in [-0.39, 0.29) is 0 Å². The van der Waals surface area contributed by atoms with Gasteiger partial charge in [0.15, 0.2) is 0 Å². The van der Waals surface area contributed by atoms with Gasteiger partial charge in [-0.15, -0.1) is 0 Å². The van der Waals surface area contributed by atoms with E-state index in [1.54, 1.807) is 0 Å². The van der Waals surface area contributed by atoms with Crippen LogP contribution in [0.1, 0.15) is 31.2 Å². The largest absolute Gasteiger partial charge is 0.316 e. The fourth-order valence-electron chi connectivity index (χ4n) is 2.43. The van der Waals surface area contributed by atoms with Crippen LogP contribution in [0.15, 0.2) is 30.3 Å². The standard InChI is InChI=1S/C15H23NS/c1-2-8-15(9-3-1)13-17-11-10-16-12-14-6-4-5-7-14/h1-3,8-9,14,16H,4-7,10-13H2. The molecule has 0 saturated heterocycles. The van der Waals surface area contributed by atoms with Crippen molar-refractivity contribution in [1.82, 2.24) is 5.32 Å². The van der Waals surface area contributed by atoms with Crippen molar-refractivity contribution in [3.8, 4) is 0 Å². The molecule has 1 aliphatic rings. The lowest BCUT2D eigenvalue weighted by atomic mass is 10.1. The number of benzene rings is 1. The van der Waals surface area contributed by atoms with E-state index in [2.05, 4.69) is 35.6 Å². The molecule has 1 nitrogen and oxygen atoms in total. The molecule has 0 atom stereocenters. The zero-order chi connectivity index (χ0) is 11.8. The van der Waals surface area contributed by atoms with Crippen LogP contribution >= 0.6 is 11.8 Å². The summed E-state index contributed by atoms with van der Waals surface area (Å²) in [5.41, 5.74) is 1.44. The van der Waals surface area contributed by atoms with E-state index in [4.69, 9.17) is 0 Å². The van der Waals surface area contributed by atoms with Gasteiger partial charge in [-0.1, -0.05) is 43.2 Å². The highest BCUT2D eigenvalue weighted by atomic mass is 32.2. The van der Waals surface area contributed by atoms with Crippen molar-refractivity contribution < 1.29 is 0 Å². The normalized spacial score (nSPS) is 16.5. The first-order chi connectivity index (χ1) is 8.45. The van der Waals surface area contributed by atoms with Crippen molar-refractivity contribution in [1.29, 1.82) is 0 Å². The van der Waals surface area contributed by atoms with Crippen LogP contribution in [0.4, 0.5) is 0 Å². The van der Waals surface area contributed by atoms with Gasteiger partial charge in [0, 0.05) is 18.1 Å². The first-order valence-corrected chi connectivity index (χ1v) is 7.93. The molecule has 17 heavy (non-hydrogen) atoms. The van der Waals surface area contributed by atoms with Gasteiger partial charge in [0.2, 0.25) is 0 Å². The van der Waals surface area contributed by atoms with E-state index in [1.165, 1.54) is 43.5 Å². The Morgan fingerprint density at radius 1 is 1.12 bits per heavy atom. The average molecular weight is 249 g/mol. The van der Waals surface area contributed by atoms with Crippen molar-refractivity contribution >= 4 is 11.8 Å². The Morgan fingerprint density at radius 3 is 2.65 bits per heavy atom. The van der Waals surface area contributed by atoms with Crippen molar-refractivity contribution in [3.05, 3.63) is 35.9 Å². The van der Waals surface area contributed by atoms with Crippen LogP contribution in [0.3, 0.4) is 0 Å². The molecule has 0 bridgehead atoms. The SMILES string of the molecule is c1ccc(CSCCNCC2CCCC2)cc1. The zero-order valence-corrected chi connectivity index (χ0v) is 11.3. The molecule has 1 N–H and O–H groups in total. The summed E-state index contributed by atoms with van der Waals surface area (Å²) in [4.78, 5) is 0. The van der Waals surface area contributed by atoms with Crippen LogP contribution in [0.5, 0.6) is 0 Å². The maximum absolute atomic E-state index is 3.59. The summed E-state index contributed by atoms with van der Waals surface area (Å²) >= 11 is 2.03. The van der Waals surface area contributed by atoms with E-state index in [1.807, 2.05) is 11.8 Å². The third-order valence-corrected chi connectivity index (χ3v) is 4.47. The lowest BCUT2D eigenvalue weighted by Gasteiger charge is -2.10. The Hall–Kier alpha value is -0.470. The van der Waals surface area contributed by atoms with Gasteiger partial charge in [0.25, 0.3) is 0 Å². The first-order valence-electron chi connectivity index (χ1n) is 6.77. The van der Waals surface area contributed by atoms with Crippen LogP contribution in [0.25, 0.3) is 0 Å². The van der Waals surface area contributed by atoms with Gasteiger partial charge in [-0.05, 0) is 30.9 Å². The molecule has 0 unspecified atom stereocenters. The lowest BCUT2D eigenvalue weighted by molar-refractivity contribution is 0.500. The summed E-state index contributed by atoms with van der Waals surface area (Å²) in [5.74, 6) is 3.34. The highest BCUT2D eigenvalue weighted by Gasteiger charge is 2.13. The first kappa shape index (κ1) is 13.0. The maximum Gasteiger partial charge on any atom is 0.0185 e. The Morgan fingerprint density at radius 2 is 1.88 bits per heavy atom. The number of thioether (sulfide) groups is 1. The van der Waals surface area contributed by atoms with E-state index in [0.717, 1.165) is 18.2 Å². The van der Waals surface area contributed by atoms with Crippen molar-refractivity contribution in [2.45, 2.75) is 31.4 Å². The molecule has 2 rings (SSSR count). The molecular formula is C15H23NS. The summed E-state index contributed by atoms with van der Waals surface area (Å²) in [5, 5.41) is 3.59. The molecule has 0 aromatic heterocycles. The van der Waals surface area contributed by atoms with E-state index in [0.29, 0.717) is 0 Å². The predicted octanol–water partition coefficient (Wildman–Crippen LogP) is 3.70. The van der Waals surface area contributed by atoms with Crippen molar-refractivity contribution in [3.63, 3.8) is 0 Å². The molecule has 1 fully saturated rings. The second-order valence-electron chi connectivity index (χ2n) is 4.89. The molecule has 0 spiro atoms. The van der Waals surface area contributed by atoms with Crippen LogP contribution in [-0.4, -0.2) is 18.8 Å². The van der Waals surface area contributed by atoms with Gasteiger partial charge in [-0.2, -0.15) is 11.8 Å². The molecule has 0 aliphatic heterocycles.